The maximum Gasteiger partial charge on any atom is 0.326 e. The van der Waals surface area contributed by atoms with Crippen LogP contribution in [0, 0.1) is 0 Å². The quantitative estimate of drug-likeness (QED) is 0.0495. The van der Waals surface area contributed by atoms with Gasteiger partial charge in [-0.15, -0.1) is 0 Å². The van der Waals surface area contributed by atoms with Crippen LogP contribution in [0.25, 0.3) is 0 Å². The van der Waals surface area contributed by atoms with Crippen LogP contribution in [0.2, 0.25) is 0 Å². The number of nitrogens with two attached hydrogens (primary N) is 6. The number of carboxylic acids is 1. The zero-order valence-electron chi connectivity index (χ0n) is 20.1. The number of hydrogen-bond acceptors (Lipinski definition) is 8. The van der Waals surface area contributed by atoms with E-state index in [1.165, 1.54) is 6.92 Å². The third kappa shape index (κ3) is 14.2. The Morgan fingerprint density at radius 2 is 1.11 bits per heavy atom. The molecule has 17 heteroatoms. The third-order valence-corrected chi connectivity index (χ3v) is 4.59. The number of aliphatic imine (C=N–C) groups is 2. The second-order valence-corrected chi connectivity index (χ2v) is 7.88. The average Bonchev–Trinajstić information content (AvgIpc) is 2.76. The van der Waals surface area contributed by atoms with Crippen molar-refractivity contribution in [3.63, 3.8) is 0 Å². The molecule has 36 heavy (non-hydrogen) atoms. The summed E-state index contributed by atoms with van der Waals surface area (Å²) in [5, 5.41) is 16.4. The molecule has 0 aliphatic heterocycles. The lowest BCUT2D eigenvalue weighted by atomic mass is 10.1. The lowest BCUT2D eigenvalue weighted by Crippen LogP contribution is -2.57. The Morgan fingerprint density at radius 3 is 1.44 bits per heavy atom. The first kappa shape index (κ1) is 31.8. The SMILES string of the molecule is CC(N)C(=O)NC(CCCN=C(N)N)C(=O)NC(CCCN=C(N)N)C(=O)NC(CC(N)=O)C(=O)O. The Balaban J connectivity index is 5.63. The predicted octanol–water partition coefficient (Wildman–Crippen LogP) is -5.14. The van der Waals surface area contributed by atoms with Crippen molar-refractivity contribution in [2.75, 3.05) is 13.1 Å². The highest BCUT2D eigenvalue weighted by atomic mass is 16.4. The molecule has 17 nitrogen and oxygen atoms in total. The van der Waals surface area contributed by atoms with E-state index in [0.29, 0.717) is 6.42 Å². The van der Waals surface area contributed by atoms with Crippen LogP contribution in [-0.2, 0) is 24.0 Å². The molecule has 0 aliphatic carbocycles. The summed E-state index contributed by atoms with van der Waals surface area (Å²) in [5.41, 5.74) is 31.7. The molecule has 4 atom stereocenters. The van der Waals surface area contributed by atoms with Crippen LogP contribution in [0.5, 0.6) is 0 Å². The fraction of sp³-hybridized carbons (Fsp3) is 0.632. The van der Waals surface area contributed by atoms with E-state index >= 15 is 0 Å². The van der Waals surface area contributed by atoms with Crippen molar-refractivity contribution in [2.45, 2.75) is 63.2 Å². The largest absolute Gasteiger partial charge is 0.480 e. The molecule has 0 bridgehead atoms. The summed E-state index contributed by atoms with van der Waals surface area (Å²) < 4.78 is 0. The molecule has 0 aromatic rings. The molecule has 0 spiro atoms. The van der Waals surface area contributed by atoms with Crippen molar-refractivity contribution in [3.05, 3.63) is 0 Å². The first-order valence-electron chi connectivity index (χ1n) is 11.0. The van der Waals surface area contributed by atoms with Gasteiger partial charge in [0.05, 0.1) is 12.5 Å². The summed E-state index contributed by atoms with van der Waals surface area (Å²) >= 11 is 0. The molecule has 204 valence electrons. The first-order valence-corrected chi connectivity index (χ1v) is 11.0. The lowest BCUT2D eigenvalue weighted by Gasteiger charge is -2.24. The molecule has 4 amide bonds. The van der Waals surface area contributed by atoms with Gasteiger partial charge in [0.15, 0.2) is 11.9 Å². The summed E-state index contributed by atoms with van der Waals surface area (Å²) in [6.07, 6.45) is -0.0306. The van der Waals surface area contributed by atoms with Crippen molar-refractivity contribution < 1.29 is 29.1 Å². The average molecular weight is 516 g/mol. The summed E-state index contributed by atoms with van der Waals surface area (Å²) in [7, 11) is 0. The topological polar surface area (TPSA) is 323 Å². The van der Waals surface area contributed by atoms with Gasteiger partial charge in [0.25, 0.3) is 0 Å². The monoisotopic (exact) mass is 515 g/mol. The van der Waals surface area contributed by atoms with E-state index in [0.717, 1.165) is 0 Å². The first-order chi connectivity index (χ1) is 16.7. The normalized spacial score (nSPS) is 13.7. The standard InChI is InChI=1S/C19H37N11O6/c1-9(20)14(32)28-10(4-2-6-26-18(22)23)15(33)29-11(5-3-7-27-19(24)25)16(34)30-12(17(35)36)8-13(21)31/h9-12H,2-8,20H2,1H3,(H2,21,31)(H,28,32)(H,29,33)(H,30,34)(H,35,36)(H4,22,23,26)(H4,24,25,27). The minimum Gasteiger partial charge on any atom is -0.480 e. The number of guanidine groups is 2. The van der Waals surface area contributed by atoms with E-state index in [1.54, 1.807) is 0 Å². The van der Waals surface area contributed by atoms with Crippen molar-refractivity contribution >= 4 is 41.5 Å². The smallest absolute Gasteiger partial charge is 0.326 e. The Hall–Kier alpha value is -4.15. The number of carbonyl (C=O) groups excluding carboxylic acids is 4. The molecule has 4 unspecified atom stereocenters. The minimum atomic E-state index is -1.61. The Labute approximate surface area is 207 Å². The van der Waals surface area contributed by atoms with Crippen molar-refractivity contribution in [2.24, 2.45) is 44.4 Å². The number of aliphatic carboxylic acids is 1. The molecule has 16 N–H and O–H groups in total. The number of carbonyl (C=O) groups is 5. The number of rotatable bonds is 17. The minimum absolute atomic E-state index is 0.000771. The molecule has 0 rings (SSSR count). The van der Waals surface area contributed by atoms with Crippen molar-refractivity contribution in [1.29, 1.82) is 0 Å². The highest BCUT2D eigenvalue weighted by Crippen LogP contribution is 2.05. The molecule has 0 fully saturated rings. The van der Waals surface area contributed by atoms with Gasteiger partial charge in [0, 0.05) is 13.1 Å². The van der Waals surface area contributed by atoms with Crippen LogP contribution in [0.4, 0.5) is 0 Å². The summed E-state index contributed by atoms with van der Waals surface area (Å²) in [6, 6.07) is -4.89. The maximum atomic E-state index is 13.0. The van der Waals surface area contributed by atoms with Crippen molar-refractivity contribution in [1.82, 2.24) is 16.0 Å². The van der Waals surface area contributed by atoms with Crippen LogP contribution in [-0.4, -0.2) is 83.9 Å². The zero-order chi connectivity index (χ0) is 27.8. The van der Waals surface area contributed by atoms with Gasteiger partial charge in [-0.1, -0.05) is 0 Å². The molecule has 0 heterocycles. The molecular weight excluding hydrogens is 478 g/mol. The Kier molecular flexibility index (Phi) is 14.6. The van der Waals surface area contributed by atoms with E-state index in [-0.39, 0.29) is 44.3 Å². The molecular formula is C19H37N11O6. The highest BCUT2D eigenvalue weighted by molar-refractivity contribution is 5.94. The van der Waals surface area contributed by atoms with Crippen LogP contribution in [0.1, 0.15) is 39.0 Å². The second kappa shape index (κ2) is 16.5. The number of hydrogen-bond donors (Lipinski definition) is 10. The van der Waals surface area contributed by atoms with Gasteiger partial charge in [-0.25, -0.2) is 4.79 Å². The highest BCUT2D eigenvalue weighted by Gasteiger charge is 2.30. The van der Waals surface area contributed by atoms with E-state index in [9.17, 15) is 29.1 Å². The summed E-state index contributed by atoms with van der Waals surface area (Å²) in [6.45, 7) is 1.72. The van der Waals surface area contributed by atoms with E-state index in [4.69, 9.17) is 34.4 Å². The van der Waals surface area contributed by atoms with Gasteiger partial charge in [-0.2, -0.15) is 0 Å². The fourth-order valence-corrected chi connectivity index (χ4v) is 2.79. The van der Waals surface area contributed by atoms with Crippen LogP contribution < -0.4 is 50.4 Å². The van der Waals surface area contributed by atoms with E-state index in [1.807, 2.05) is 0 Å². The molecule has 0 aliphatic rings. The number of nitrogens with zero attached hydrogens (tertiary/aromatic N) is 2. The van der Waals surface area contributed by atoms with Gasteiger partial charge < -0.3 is 55.5 Å². The number of primary amides is 1. The van der Waals surface area contributed by atoms with E-state index < -0.39 is 60.2 Å². The van der Waals surface area contributed by atoms with E-state index in [2.05, 4.69) is 25.9 Å². The third-order valence-electron chi connectivity index (χ3n) is 4.59. The molecule has 0 saturated heterocycles. The summed E-state index contributed by atoms with van der Waals surface area (Å²) in [4.78, 5) is 68.1. The van der Waals surface area contributed by atoms with Gasteiger partial charge in [0.2, 0.25) is 23.6 Å². The second-order valence-electron chi connectivity index (χ2n) is 7.88. The van der Waals surface area contributed by atoms with Gasteiger partial charge in [-0.05, 0) is 32.6 Å². The number of amides is 4. The molecule has 0 aromatic heterocycles. The predicted molar refractivity (Wildman–Crippen MR) is 131 cm³/mol. The molecule has 0 radical (unpaired) electrons. The molecule has 0 aromatic carbocycles. The van der Waals surface area contributed by atoms with Crippen molar-refractivity contribution in [3.8, 4) is 0 Å². The van der Waals surface area contributed by atoms with Crippen LogP contribution in [0.3, 0.4) is 0 Å². The fourth-order valence-electron chi connectivity index (χ4n) is 2.79. The number of nitrogens with one attached hydrogen (secondary N) is 3. The van der Waals surface area contributed by atoms with Gasteiger partial charge in [-0.3, -0.25) is 29.2 Å². The summed E-state index contributed by atoms with van der Waals surface area (Å²) in [5.74, 6) is -5.00. The zero-order valence-corrected chi connectivity index (χ0v) is 20.1. The van der Waals surface area contributed by atoms with Crippen LogP contribution >= 0.6 is 0 Å². The molecule has 0 saturated carbocycles. The van der Waals surface area contributed by atoms with Crippen LogP contribution in [0.15, 0.2) is 9.98 Å². The Bertz CT molecular complexity index is 838. The maximum absolute atomic E-state index is 13.0. The Morgan fingerprint density at radius 1 is 0.722 bits per heavy atom. The van der Waals surface area contributed by atoms with Gasteiger partial charge >= 0.3 is 5.97 Å². The van der Waals surface area contributed by atoms with Gasteiger partial charge in [0.1, 0.15) is 18.1 Å². The lowest BCUT2D eigenvalue weighted by molar-refractivity contribution is -0.143. The number of carboxylic acid groups (broad SMARTS) is 1.